The van der Waals surface area contributed by atoms with Gasteiger partial charge in [-0.15, -0.1) is 0 Å². The van der Waals surface area contributed by atoms with E-state index in [9.17, 15) is 9.13 Å². The molecular weight excluding hydrogens is 416 g/mol. The van der Waals surface area contributed by atoms with Crippen LogP contribution in [0.15, 0.2) is 71.5 Å². The molecule has 152 valence electrons. The first-order valence-electron chi connectivity index (χ1n) is 8.67. The summed E-state index contributed by atoms with van der Waals surface area (Å²) in [6.07, 6.45) is 2.75. The molecule has 0 saturated carbocycles. The van der Waals surface area contributed by atoms with Crippen LogP contribution in [0.1, 0.15) is 11.3 Å². The fraction of sp³-hybridized carbons (Fsp3) is 0.158. The van der Waals surface area contributed by atoms with E-state index in [1.807, 2.05) is 24.3 Å². The Morgan fingerprint density at radius 1 is 0.931 bits per heavy atom. The van der Waals surface area contributed by atoms with Crippen LogP contribution in [0.25, 0.3) is 11.1 Å². The second kappa shape index (κ2) is 7.82. The Morgan fingerprint density at radius 2 is 1.48 bits per heavy atom. The van der Waals surface area contributed by atoms with Crippen LogP contribution in [-0.2, 0) is 18.2 Å². The van der Waals surface area contributed by atoms with Gasteiger partial charge in [-0.25, -0.2) is 4.57 Å². The minimum Gasteiger partial charge on any atom is -0.472 e. The van der Waals surface area contributed by atoms with E-state index in [1.165, 1.54) is 26.7 Å². The van der Waals surface area contributed by atoms with Gasteiger partial charge >= 0.3 is 15.3 Å². The number of furan rings is 1. The molecule has 0 radical (unpaired) electrons. The SMILES string of the molecule is COP(=O)(OC)C(NP1(=O)Oc2ccccc2-c2ccccc2O1)c1ccoc1. The topological polar surface area (TPSA) is 96.2 Å². The van der Waals surface area contributed by atoms with Crippen molar-refractivity contribution in [1.29, 1.82) is 0 Å². The first-order chi connectivity index (χ1) is 14.0. The van der Waals surface area contributed by atoms with E-state index in [-0.39, 0.29) is 0 Å². The molecular formula is C19H19NO7P2. The molecule has 1 atom stereocenters. The van der Waals surface area contributed by atoms with Gasteiger partial charge in [-0.1, -0.05) is 36.4 Å². The summed E-state index contributed by atoms with van der Waals surface area (Å²) < 4.78 is 53.9. The molecule has 1 aliphatic rings. The highest BCUT2D eigenvalue weighted by Crippen LogP contribution is 2.63. The fourth-order valence-corrected chi connectivity index (χ4v) is 6.56. The minimum absolute atomic E-state index is 0.365. The van der Waals surface area contributed by atoms with Crippen LogP contribution in [0.4, 0.5) is 0 Å². The average Bonchev–Trinajstić information content (AvgIpc) is 3.23. The highest BCUT2D eigenvalue weighted by molar-refractivity contribution is 7.57. The molecule has 2 heterocycles. The summed E-state index contributed by atoms with van der Waals surface area (Å²) >= 11 is 0. The molecule has 0 amide bonds. The summed E-state index contributed by atoms with van der Waals surface area (Å²) in [6.45, 7) is 0. The summed E-state index contributed by atoms with van der Waals surface area (Å²) in [6, 6.07) is 15.9. The van der Waals surface area contributed by atoms with Gasteiger partial charge in [0, 0.05) is 30.9 Å². The second-order valence-corrected chi connectivity index (χ2v) is 10.1. The third-order valence-electron chi connectivity index (χ3n) is 4.47. The van der Waals surface area contributed by atoms with E-state index in [1.54, 1.807) is 30.3 Å². The maximum Gasteiger partial charge on any atom is 0.514 e. The summed E-state index contributed by atoms with van der Waals surface area (Å²) in [4.78, 5) is 0. The van der Waals surface area contributed by atoms with Crippen LogP contribution in [0, 0.1) is 0 Å². The molecule has 1 unspecified atom stereocenters. The van der Waals surface area contributed by atoms with Gasteiger partial charge in [0.1, 0.15) is 17.3 Å². The first-order valence-corrected chi connectivity index (χ1v) is 11.8. The lowest BCUT2D eigenvalue weighted by Crippen LogP contribution is -2.24. The lowest BCUT2D eigenvalue weighted by Gasteiger charge is -2.27. The number of rotatable bonds is 6. The predicted molar refractivity (Wildman–Crippen MR) is 107 cm³/mol. The number of hydrogen-bond donors (Lipinski definition) is 1. The molecule has 1 N–H and O–H groups in total. The monoisotopic (exact) mass is 435 g/mol. The van der Waals surface area contributed by atoms with E-state index < -0.39 is 21.1 Å². The highest BCUT2D eigenvalue weighted by atomic mass is 31.2. The minimum atomic E-state index is -4.07. The number of hydrogen-bond acceptors (Lipinski definition) is 7. The lowest BCUT2D eigenvalue weighted by molar-refractivity contribution is 0.260. The molecule has 10 heteroatoms. The zero-order valence-electron chi connectivity index (χ0n) is 15.7. The molecule has 0 aliphatic carbocycles. The number of benzene rings is 2. The summed E-state index contributed by atoms with van der Waals surface area (Å²) in [5.74, 6) is -0.424. The van der Waals surface area contributed by atoms with Crippen LogP contribution in [0.2, 0.25) is 0 Å². The maximum absolute atomic E-state index is 13.7. The van der Waals surface area contributed by atoms with E-state index in [4.69, 9.17) is 22.5 Å². The lowest BCUT2D eigenvalue weighted by atomic mass is 10.0. The molecule has 0 saturated heterocycles. The van der Waals surface area contributed by atoms with Crippen molar-refractivity contribution in [3.63, 3.8) is 0 Å². The van der Waals surface area contributed by atoms with Gasteiger partial charge in [-0.05, 0) is 18.2 Å². The molecule has 29 heavy (non-hydrogen) atoms. The van der Waals surface area contributed by atoms with Gasteiger partial charge in [0.25, 0.3) is 0 Å². The second-order valence-electron chi connectivity index (χ2n) is 6.17. The van der Waals surface area contributed by atoms with E-state index in [0.29, 0.717) is 17.1 Å². The number of nitrogens with one attached hydrogen (secondary N) is 1. The van der Waals surface area contributed by atoms with Gasteiger partial charge in [0.05, 0.1) is 12.5 Å². The molecule has 1 aromatic heterocycles. The van der Waals surface area contributed by atoms with Crippen molar-refractivity contribution >= 4 is 15.3 Å². The molecule has 1 aliphatic heterocycles. The Balaban J connectivity index is 1.80. The van der Waals surface area contributed by atoms with Crippen molar-refractivity contribution in [3.05, 3.63) is 72.7 Å². The van der Waals surface area contributed by atoms with Crippen LogP contribution < -0.4 is 14.1 Å². The number of fused-ring (bicyclic) bond motifs is 3. The van der Waals surface area contributed by atoms with Crippen molar-refractivity contribution in [2.24, 2.45) is 0 Å². The zero-order chi connectivity index (χ0) is 20.5. The quantitative estimate of drug-likeness (QED) is 0.500. The standard InChI is InChI=1S/C19H19NO7P2/c1-23-28(21,24-2)19(14-11-12-25-13-14)20-29(22)26-17-9-5-3-7-15(17)16-8-4-6-10-18(16)27-29/h3-13,19H,1-2H3,(H,20,22). The smallest absolute Gasteiger partial charge is 0.472 e. The molecule has 8 nitrogen and oxygen atoms in total. The predicted octanol–water partition coefficient (Wildman–Crippen LogP) is 5.60. The van der Waals surface area contributed by atoms with Crippen LogP contribution in [0.3, 0.4) is 0 Å². The largest absolute Gasteiger partial charge is 0.514 e. The van der Waals surface area contributed by atoms with E-state index in [0.717, 1.165) is 11.1 Å². The van der Waals surface area contributed by atoms with Crippen molar-refractivity contribution in [2.75, 3.05) is 14.2 Å². The summed E-state index contributed by atoms with van der Waals surface area (Å²) in [5.41, 5.74) is 1.86. The third-order valence-corrected chi connectivity index (χ3v) is 8.20. The molecule has 3 aromatic rings. The van der Waals surface area contributed by atoms with Gasteiger partial charge in [-0.2, -0.15) is 5.09 Å². The number of para-hydroxylation sites is 2. The Bertz CT molecular complexity index is 1040. The average molecular weight is 435 g/mol. The molecule has 0 bridgehead atoms. The molecule has 0 fully saturated rings. The zero-order valence-corrected chi connectivity index (χ0v) is 17.5. The van der Waals surface area contributed by atoms with E-state index >= 15 is 0 Å². The van der Waals surface area contributed by atoms with Gasteiger partial charge in [0.15, 0.2) is 0 Å². The third kappa shape index (κ3) is 3.78. The van der Waals surface area contributed by atoms with Crippen molar-refractivity contribution in [3.8, 4) is 22.6 Å². The Kier molecular flexibility index (Phi) is 5.38. The molecule has 4 rings (SSSR count). The van der Waals surface area contributed by atoms with Gasteiger partial charge in [0.2, 0.25) is 0 Å². The molecule has 2 aromatic carbocycles. The Hall–Kier alpha value is -2.34. The van der Waals surface area contributed by atoms with Crippen LogP contribution in [0.5, 0.6) is 11.5 Å². The Labute approximate surface area is 167 Å². The van der Waals surface area contributed by atoms with Crippen molar-refractivity contribution in [2.45, 2.75) is 5.78 Å². The van der Waals surface area contributed by atoms with Gasteiger partial charge < -0.3 is 22.5 Å². The fourth-order valence-electron chi connectivity index (χ4n) is 3.06. The Morgan fingerprint density at radius 3 is 1.97 bits per heavy atom. The van der Waals surface area contributed by atoms with Crippen molar-refractivity contribution in [1.82, 2.24) is 5.09 Å². The van der Waals surface area contributed by atoms with Crippen LogP contribution in [-0.4, -0.2) is 14.2 Å². The molecule has 0 spiro atoms. The van der Waals surface area contributed by atoms with Gasteiger partial charge in [-0.3, -0.25) is 4.57 Å². The van der Waals surface area contributed by atoms with Crippen molar-refractivity contribution < 1.29 is 31.6 Å². The summed E-state index contributed by atoms with van der Waals surface area (Å²) in [5, 5.41) is 2.74. The maximum atomic E-state index is 13.7. The highest BCUT2D eigenvalue weighted by Gasteiger charge is 2.45. The first kappa shape index (κ1) is 20.0. The van der Waals surface area contributed by atoms with Crippen LogP contribution >= 0.6 is 15.3 Å². The normalized spacial score (nSPS) is 15.9. The van der Waals surface area contributed by atoms with E-state index in [2.05, 4.69) is 5.09 Å². The summed E-state index contributed by atoms with van der Waals surface area (Å²) in [7, 11) is -5.35.